The predicted molar refractivity (Wildman–Crippen MR) is 106 cm³/mol. The Hall–Kier alpha value is -2.38. The van der Waals surface area contributed by atoms with Crippen molar-refractivity contribution in [3.63, 3.8) is 0 Å². The number of carbonyl (C=O) groups is 1. The molecule has 150 valence electrons. The maximum absolute atomic E-state index is 12.5. The number of piperidine rings is 1. The van der Waals surface area contributed by atoms with E-state index in [-0.39, 0.29) is 17.4 Å². The maximum Gasteiger partial charge on any atom is 0.235 e. The number of nitrogens with zero attached hydrogens (tertiary/aromatic N) is 2. The number of nitrogens with one attached hydrogen (secondary N) is 1. The molecule has 1 aromatic carbocycles. The second-order valence-corrected chi connectivity index (χ2v) is 7.86. The van der Waals surface area contributed by atoms with Gasteiger partial charge in [0.15, 0.2) is 0 Å². The van der Waals surface area contributed by atoms with Gasteiger partial charge in [-0.25, -0.2) is 0 Å². The normalized spacial score (nSPS) is 22.2. The molecule has 0 bridgehead atoms. The minimum atomic E-state index is -0.266. The van der Waals surface area contributed by atoms with Crippen molar-refractivity contribution in [2.24, 2.45) is 11.1 Å². The summed E-state index contributed by atoms with van der Waals surface area (Å²) in [7, 11) is 1.66. The summed E-state index contributed by atoms with van der Waals surface area (Å²) in [5, 5.41) is 7.37. The minimum absolute atomic E-state index is 0.0673. The van der Waals surface area contributed by atoms with Gasteiger partial charge in [-0.2, -0.15) is 5.10 Å². The van der Waals surface area contributed by atoms with E-state index in [1.54, 1.807) is 7.11 Å². The van der Waals surface area contributed by atoms with E-state index in [9.17, 15) is 4.79 Å². The molecule has 2 fully saturated rings. The largest absolute Gasteiger partial charge is 0.497 e. The van der Waals surface area contributed by atoms with Crippen LogP contribution < -0.4 is 10.5 Å². The van der Waals surface area contributed by atoms with Crippen molar-refractivity contribution < 1.29 is 14.3 Å². The predicted octanol–water partition coefficient (Wildman–Crippen LogP) is 2.33. The van der Waals surface area contributed by atoms with Crippen LogP contribution in [0.15, 0.2) is 30.5 Å². The Kier molecular flexibility index (Phi) is 5.37. The van der Waals surface area contributed by atoms with Crippen LogP contribution in [0.4, 0.5) is 0 Å². The van der Waals surface area contributed by atoms with Crippen LogP contribution in [0.2, 0.25) is 0 Å². The molecule has 1 atom stereocenters. The number of rotatable bonds is 5. The number of likely N-dealkylation sites (tertiary alicyclic amines) is 1. The van der Waals surface area contributed by atoms with Gasteiger partial charge in [0, 0.05) is 30.9 Å². The topological polar surface area (TPSA) is 93.5 Å². The van der Waals surface area contributed by atoms with Crippen LogP contribution >= 0.6 is 0 Å². The number of primary amides is 1. The molecule has 2 aliphatic heterocycles. The van der Waals surface area contributed by atoms with Gasteiger partial charge >= 0.3 is 0 Å². The number of benzene rings is 1. The molecule has 1 aromatic heterocycles. The summed E-state index contributed by atoms with van der Waals surface area (Å²) in [4.78, 5) is 14.7. The van der Waals surface area contributed by atoms with E-state index in [2.05, 4.69) is 15.1 Å². The molecule has 1 unspecified atom stereocenters. The van der Waals surface area contributed by atoms with Crippen molar-refractivity contribution >= 4 is 5.91 Å². The summed E-state index contributed by atoms with van der Waals surface area (Å²) in [5.41, 5.74) is 8.88. The van der Waals surface area contributed by atoms with E-state index in [4.69, 9.17) is 15.2 Å². The van der Waals surface area contributed by atoms with Crippen molar-refractivity contribution in [1.29, 1.82) is 0 Å². The van der Waals surface area contributed by atoms with Crippen molar-refractivity contribution in [2.45, 2.75) is 38.3 Å². The molecular formula is C21H28N4O3. The van der Waals surface area contributed by atoms with Crippen LogP contribution in [0.3, 0.4) is 0 Å². The molecule has 0 radical (unpaired) electrons. The lowest BCUT2D eigenvalue weighted by Crippen LogP contribution is -2.59. The van der Waals surface area contributed by atoms with E-state index in [1.807, 2.05) is 30.5 Å². The summed E-state index contributed by atoms with van der Waals surface area (Å²) >= 11 is 0. The number of methoxy groups -OCH3 is 1. The number of amides is 1. The Bertz CT molecular complexity index is 823. The number of hydrogen-bond donors (Lipinski definition) is 2. The highest BCUT2D eigenvalue weighted by Crippen LogP contribution is 2.44. The minimum Gasteiger partial charge on any atom is -0.497 e. The molecule has 2 saturated heterocycles. The third-order valence-corrected chi connectivity index (χ3v) is 6.27. The first-order valence-corrected chi connectivity index (χ1v) is 9.91. The fourth-order valence-electron chi connectivity index (χ4n) is 4.92. The monoisotopic (exact) mass is 384 g/mol. The van der Waals surface area contributed by atoms with Crippen LogP contribution in [0.25, 0.3) is 11.3 Å². The zero-order chi connectivity index (χ0) is 19.6. The molecule has 2 aliphatic rings. The molecule has 28 heavy (non-hydrogen) atoms. The molecular weight excluding hydrogens is 356 g/mol. The molecule has 0 aliphatic carbocycles. The Labute approximate surface area is 165 Å². The molecule has 3 N–H and O–H groups in total. The summed E-state index contributed by atoms with van der Waals surface area (Å²) in [5.74, 6) is 0.570. The average Bonchev–Trinajstić information content (AvgIpc) is 3.16. The van der Waals surface area contributed by atoms with Gasteiger partial charge in [-0.05, 0) is 49.8 Å². The highest BCUT2D eigenvalue weighted by molar-refractivity contribution is 5.81. The fourth-order valence-corrected chi connectivity index (χ4v) is 4.92. The smallest absolute Gasteiger partial charge is 0.235 e. The number of aromatic nitrogens is 2. The molecule has 1 spiro atoms. The van der Waals surface area contributed by atoms with Gasteiger partial charge in [0.2, 0.25) is 5.91 Å². The van der Waals surface area contributed by atoms with Crippen LogP contribution in [0, 0.1) is 5.41 Å². The quantitative estimate of drug-likeness (QED) is 0.825. The molecule has 7 nitrogen and oxygen atoms in total. The molecule has 4 rings (SSSR count). The summed E-state index contributed by atoms with van der Waals surface area (Å²) in [6.07, 6.45) is 5.74. The van der Waals surface area contributed by atoms with Gasteiger partial charge in [0.25, 0.3) is 0 Å². The zero-order valence-electron chi connectivity index (χ0n) is 16.3. The first-order valence-electron chi connectivity index (χ1n) is 9.91. The summed E-state index contributed by atoms with van der Waals surface area (Å²) < 4.78 is 10.9. The standard InChI is InChI=1S/C21H28N4O3/c1-27-17-5-2-4-15(12-17)18-16(13-23-24-18)14-25-9-3-6-21(19(25)20(22)26)7-10-28-11-8-21/h2,4-5,12-13,19H,3,6-11,14H2,1H3,(H2,22,26)(H,23,24). The molecule has 1 amide bonds. The van der Waals surface area contributed by atoms with Crippen LogP contribution in [-0.4, -0.2) is 53.9 Å². The van der Waals surface area contributed by atoms with Crippen molar-refractivity contribution in [3.05, 3.63) is 36.0 Å². The van der Waals surface area contributed by atoms with Crippen molar-refractivity contribution in [3.8, 4) is 17.0 Å². The van der Waals surface area contributed by atoms with Gasteiger partial charge in [0.1, 0.15) is 5.75 Å². The first-order chi connectivity index (χ1) is 13.6. The van der Waals surface area contributed by atoms with Crippen molar-refractivity contribution in [1.82, 2.24) is 15.1 Å². The van der Waals surface area contributed by atoms with Gasteiger partial charge < -0.3 is 15.2 Å². The van der Waals surface area contributed by atoms with Crippen LogP contribution in [0.5, 0.6) is 5.75 Å². The Morgan fingerprint density at radius 2 is 2.21 bits per heavy atom. The van der Waals surface area contributed by atoms with Crippen LogP contribution in [0.1, 0.15) is 31.2 Å². The number of ether oxygens (including phenoxy) is 2. The Morgan fingerprint density at radius 3 is 2.96 bits per heavy atom. The lowest BCUT2D eigenvalue weighted by molar-refractivity contribution is -0.138. The number of carbonyl (C=O) groups excluding carboxylic acids is 1. The highest BCUT2D eigenvalue weighted by atomic mass is 16.5. The van der Waals surface area contributed by atoms with E-state index in [0.717, 1.165) is 54.8 Å². The summed E-state index contributed by atoms with van der Waals surface area (Å²) in [6, 6.07) is 7.63. The van der Waals surface area contributed by atoms with Gasteiger partial charge in [-0.3, -0.25) is 14.8 Å². The number of aromatic amines is 1. The van der Waals surface area contributed by atoms with Gasteiger partial charge in [-0.1, -0.05) is 12.1 Å². The number of nitrogens with two attached hydrogens (primary N) is 1. The zero-order valence-corrected chi connectivity index (χ0v) is 16.3. The van der Waals surface area contributed by atoms with E-state index >= 15 is 0 Å². The Morgan fingerprint density at radius 1 is 1.39 bits per heavy atom. The van der Waals surface area contributed by atoms with Gasteiger partial charge in [-0.15, -0.1) is 0 Å². The Balaban J connectivity index is 1.61. The van der Waals surface area contributed by atoms with E-state index < -0.39 is 0 Å². The fraction of sp³-hybridized carbons (Fsp3) is 0.524. The lowest BCUT2D eigenvalue weighted by Gasteiger charge is -2.50. The SMILES string of the molecule is COc1cccc(-c2[nH]ncc2CN2CCCC3(CCOCC3)C2C(N)=O)c1. The first kappa shape index (κ1) is 19.0. The molecule has 2 aromatic rings. The van der Waals surface area contributed by atoms with Crippen molar-refractivity contribution in [2.75, 3.05) is 26.9 Å². The second-order valence-electron chi connectivity index (χ2n) is 7.86. The maximum atomic E-state index is 12.5. The van der Waals surface area contributed by atoms with Gasteiger partial charge in [0.05, 0.1) is 25.0 Å². The number of hydrogen-bond acceptors (Lipinski definition) is 5. The highest BCUT2D eigenvalue weighted by Gasteiger charge is 2.48. The van der Waals surface area contributed by atoms with Crippen LogP contribution in [-0.2, 0) is 16.1 Å². The van der Waals surface area contributed by atoms with E-state index in [0.29, 0.717) is 19.8 Å². The second kappa shape index (κ2) is 7.93. The molecule has 7 heteroatoms. The third-order valence-electron chi connectivity index (χ3n) is 6.27. The van der Waals surface area contributed by atoms with E-state index in [1.165, 1.54) is 0 Å². The number of H-pyrrole nitrogens is 1. The molecule has 0 saturated carbocycles. The lowest BCUT2D eigenvalue weighted by atomic mass is 9.67. The third kappa shape index (κ3) is 3.52. The molecule has 3 heterocycles. The average molecular weight is 384 g/mol. The summed E-state index contributed by atoms with van der Waals surface area (Å²) in [6.45, 7) is 2.91.